The number of rotatable bonds is 3. The van der Waals surface area contributed by atoms with Crippen LogP contribution in [0.25, 0.3) is 0 Å². The molecule has 1 amide bonds. The van der Waals surface area contributed by atoms with Gasteiger partial charge < -0.3 is 15.3 Å². The molecule has 1 saturated heterocycles. The van der Waals surface area contributed by atoms with Gasteiger partial charge in [0.2, 0.25) is 0 Å². The summed E-state index contributed by atoms with van der Waals surface area (Å²) in [6.45, 7) is 6.50. The van der Waals surface area contributed by atoms with E-state index in [1.54, 1.807) is 18.2 Å². The molecule has 0 bridgehead atoms. The first-order chi connectivity index (χ1) is 9.13. The van der Waals surface area contributed by atoms with Crippen molar-refractivity contribution in [2.45, 2.75) is 32.7 Å². The van der Waals surface area contributed by atoms with Gasteiger partial charge in [-0.05, 0) is 57.0 Å². The van der Waals surface area contributed by atoms with E-state index in [0.29, 0.717) is 12.1 Å². The number of hydrogen-bond acceptors (Lipinski definition) is 3. The number of carbonyl (C=O) groups excluding carboxylic acids is 1. The highest BCUT2D eigenvalue weighted by atomic mass is 16.3. The first-order valence-corrected chi connectivity index (χ1v) is 6.94. The smallest absolute Gasteiger partial charge is 0.254 e. The lowest BCUT2D eigenvalue weighted by Crippen LogP contribution is -2.48. The SMILES string of the molecule is CCN(C(=O)c1ccc(O)cc1C)C1CCCNC1. The van der Waals surface area contributed by atoms with Gasteiger partial charge in [-0.3, -0.25) is 4.79 Å². The molecular formula is C15H22N2O2. The molecule has 1 aromatic rings. The minimum atomic E-state index is 0.0636. The van der Waals surface area contributed by atoms with Gasteiger partial charge in [-0.1, -0.05) is 0 Å². The van der Waals surface area contributed by atoms with E-state index in [0.717, 1.165) is 31.5 Å². The van der Waals surface area contributed by atoms with Crippen LogP contribution in [-0.2, 0) is 0 Å². The Balaban J connectivity index is 2.19. The first kappa shape index (κ1) is 13.9. The summed E-state index contributed by atoms with van der Waals surface area (Å²) in [6, 6.07) is 5.21. The predicted molar refractivity (Wildman–Crippen MR) is 75.4 cm³/mol. The standard InChI is InChI=1S/C15H22N2O2/c1-3-17(12-5-4-8-16-10-12)15(19)14-7-6-13(18)9-11(14)2/h6-7,9,12,16,18H,3-5,8,10H2,1-2H3. The maximum atomic E-state index is 12.6. The van der Waals surface area contributed by atoms with Gasteiger partial charge in [0.05, 0.1) is 0 Å². The number of phenolic OH excluding ortho intramolecular Hbond substituents is 1. The Hall–Kier alpha value is -1.55. The van der Waals surface area contributed by atoms with Gasteiger partial charge in [-0.15, -0.1) is 0 Å². The molecule has 0 saturated carbocycles. The van der Waals surface area contributed by atoms with Crippen LogP contribution >= 0.6 is 0 Å². The number of nitrogens with zero attached hydrogens (tertiary/aromatic N) is 1. The monoisotopic (exact) mass is 262 g/mol. The van der Waals surface area contributed by atoms with Crippen molar-refractivity contribution in [3.05, 3.63) is 29.3 Å². The van der Waals surface area contributed by atoms with Crippen molar-refractivity contribution in [1.82, 2.24) is 10.2 Å². The molecular weight excluding hydrogens is 240 g/mol. The highest BCUT2D eigenvalue weighted by molar-refractivity contribution is 5.96. The number of hydrogen-bond donors (Lipinski definition) is 2. The fourth-order valence-electron chi connectivity index (χ4n) is 2.71. The molecule has 2 N–H and O–H groups in total. The average molecular weight is 262 g/mol. The highest BCUT2D eigenvalue weighted by Crippen LogP contribution is 2.20. The van der Waals surface area contributed by atoms with Crippen LogP contribution in [0.1, 0.15) is 35.7 Å². The van der Waals surface area contributed by atoms with Crippen LogP contribution in [0.15, 0.2) is 18.2 Å². The van der Waals surface area contributed by atoms with Crippen LogP contribution in [0.3, 0.4) is 0 Å². The van der Waals surface area contributed by atoms with Crippen molar-refractivity contribution in [2.24, 2.45) is 0 Å². The van der Waals surface area contributed by atoms with Crippen LogP contribution in [0, 0.1) is 6.92 Å². The molecule has 0 aromatic heterocycles. The number of phenols is 1. The summed E-state index contributed by atoms with van der Waals surface area (Å²) < 4.78 is 0. The van der Waals surface area contributed by atoms with Crippen molar-refractivity contribution in [1.29, 1.82) is 0 Å². The number of aryl methyl sites for hydroxylation is 1. The number of carbonyl (C=O) groups is 1. The van der Waals surface area contributed by atoms with Crippen molar-refractivity contribution >= 4 is 5.91 Å². The van der Waals surface area contributed by atoms with E-state index < -0.39 is 0 Å². The highest BCUT2D eigenvalue weighted by Gasteiger charge is 2.25. The Bertz CT molecular complexity index is 453. The molecule has 1 atom stereocenters. The van der Waals surface area contributed by atoms with E-state index in [-0.39, 0.29) is 17.7 Å². The van der Waals surface area contributed by atoms with Gasteiger partial charge >= 0.3 is 0 Å². The number of piperidine rings is 1. The lowest BCUT2D eigenvalue weighted by atomic mass is 10.0. The van der Waals surface area contributed by atoms with E-state index in [4.69, 9.17) is 0 Å². The number of amides is 1. The van der Waals surface area contributed by atoms with E-state index in [2.05, 4.69) is 5.32 Å². The minimum Gasteiger partial charge on any atom is -0.508 e. The molecule has 2 rings (SSSR count). The Kier molecular flexibility index (Phi) is 4.43. The third-order valence-electron chi connectivity index (χ3n) is 3.75. The number of nitrogens with one attached hydrogen (secondary N) is 1. The first-order valence-electron chi connectivity index (χ1n) is 6.94. The zero-order valence-electron chi connectivity index (χ0n) is 11.6. The van der Waals surface area contributed by atoms with Crippen LogP contribution in [0.5, 0.6) is 5.75 Å². The number of aromatic hydroxyl groups is 1. The Morgan fingerprint density at radius 1 is 1.53 bits per heavy atom. The zero-order chi connectivity index (χ0) is 13.8. The molecule has 1 aromatic carbocycles. The normalized spacial score (nSPS) is 19.2. The van der Waals surface area contributed by atoms with Crippen molar-refractivity contribution < 1.29 is 9.90 Å². The summed E-state index contributed by atoms with van der Waals surface area (Å²) in [5.41, 5.74) is 1.51. The van der Waals surface area contributed by atoms with Gasteiger partial charge in [0.25, 0.3) is 5.91 Å². The molecule has 1 unspecified atom stereocenters. The summed E-state index contributed by atoms with van der Waals surface area (Å²) in [5.74, 6) is 0.269. The summed E-state index contributed by atoms with van der Waals surface area (Å²) in [5, 5.41) is 12.8. The minimum absolute atomic E-state index is 0.0636. The molecule has 1 aliphatic rings. The Morgan fingerprint density at radius 3 is 2.89 bits per heavy atom. The maximum absolute atomic E-state index is 12.6. The van der Waals surface area contributed by atoms with E-state index >= 15 is 0 Å². The molecule has 1 aliphatic heterocycles. The topological polar surface area (TPSA) is 52.6 Å². The van der Waals surface area contributed by atoms with E-state index in [1.807, 2.05) is 18.7 Å². The van der Waals surface area contributed by atoms with E-state index in [9.17, 15) is 9.90 Å². The third kappa shape index (κ3) is 3.07. The molecule has 4 nitrogen and oxygen atoms in total. The molecule has 1 fully saturated rings. The van der Waals surface area contributed by atoms with Crippen LogP contribution in [0.2, 0.25) is 0 Å². The quantitative estimate of drug-likeness (QED) is 0.875. The van der Waals surface area contributed by atoms with E-state index in [1.165, 1.54) is 0 Å². The lowest BCUT2D eigenvalue weighted by Gasteiger charge is -2.34. The van der Waals surface area contributed by atoms with Gasteiger partial charge in [0.1, 0.15) is 5.75 Å². The predicted octanol–water partition coefficient (Wildman–Crippen LogP) is 1.91. The van der Waals surface area contributed by atoms with Gasteiger partial charge in [0, 0.05) is 24.7 Å². The molecule has 1 heterocycles. The number of likely N-dealkylation sites (N-methyl/N-ethyl adjacent to an activating group) is 1. The van der Waals surface area contributed by atoms with Gasteiger partial charge in [-0.2, -0.15) is 0 Å². The van der Waals surface area contributed by atoms with Crippen LogP contribution < -0.4 is 5.32 Å². The second-order valence-electron chi connectivity index (χ2n) is 5.09. The van der Waals surface area contributed by atoms with Gasteiger partial charge in [0.15, 0.2) is 0 Å². The second kappa shape index (κ2) is 6.06. The lowest BCUT2D eigenvalue weighted by molar-refractivity contribution is 0.0661. The molecule has 4 heteroatoms. The molecule has 0 spiro atoms. The fourth-order valence-corrected chi connectivity index (χ4v) is 2.71. The Labute approximate surface area is 114 Å². The van der Waals surface area contributed by atoms with Crippen LogP contribution in [-0.4, -0.2) is 41.6 Å². The van der Waals surface area contributed by atoms with Crippen LogP contribution in [0.4, 0.5) is 0 Å². The number of benzene rings is 1. The summed E-state index contributed by atoms with van der Waals surface area (Å²) in [7, 11) is 0. The fraction of sp³-hybridized carbons (Fsp3) is 0.533. The molecule has 104 valence electrons. The van der Waals surface area contributed by atoms with Crippen molar-refractivity contribution in [3.8, 4) is 5.75 Å². The van der Waals surface area contributed by atoms with Crippen molar-refractivity contribution in [3.63, 3.8) is 0 Å². The maximum Gasteiger partial charge on any atom is 0.254 e. The summed E-state index contributed by atoms with van der Waals surface area (Å²) in [6.07, 6.45) is 2.17. The molecule has 0 aliphatic carbocycles. The second-order valence-corrected chi connectivity index (χ2v) is 5.09. The molecule has 19 heavy (non-hydrogen) atoms. The Morgan fingerprint density at radius 2 is 2.32 bits per heavy atom. The largest absolute Gasteiger partial charge is 0.508 e. The third-order valence-corrected chi connectivity index (χ3v) is 3.75. The summed E-state index contributed by atoms with van der Waals surface area (Å²) >= 11 is 0. The zero-order valence-corrected chi connectivity index (χ0v) is 11.6. The van der Waals surface area contributed by atoms with Gasteiger partial charge in [-0.25, -0.2) is 0 Å². The average Bonchev–Trinajstić information content (AvgIpc) is 2.40. The summed E-state index contributed by atoms with van der Waals surface area (Å²) in [4.78, 5) is 14.6. The molecule has 0 radical (unpaired) electrons. The van der Waals surface area contributed by atoms with Crippen molar-refractivity contribution in [2.75, 3.05) is 19.6 Å².